The number of hydrogen-bond acceptors (Lipinski definition) is 4. The maximum atomic E-state index is 8.88. The van der Waals surface area contributed by atoms with Gasteiger partial charge in [0.05, 0.1) is 0 Å². The first-order valence-electron chi connectivity index (χ1n) is 7.99. The average molecular weight is 336 g/mol. The van der Waals surface area contributed by atoms with E-state index in [2.05, 4.69) is 0 Å². The molecule has 0 radical (unpaired) electrons. The normalized spacial score (nSPS) is 10.2. The highest BCUT2D eigenvalue weighted by Crippen LogP contribution is 2.39. The van der Waals surface area contributed by atoms with Gasteiger partial charge in [-0.25, -0.2) is 0 Å². The summed E-state index contributed by atoms with van der Waals surface area (Å²) in [7, 11) is 0. The molecule has 0 saturated carbocycles. The highest BCUT2D eigenvalue weighted by molar-refractivity contribution is 6.08. The number of rotatable bonds is 3. The molecule has 4 aromatic carbocycles. The Labute approximate surface area is 150 Å². The van der Waals surface area contributed by atoms with Crippen LogP contribution in [0.5, 0.6) is 11.5 Å². The van der Waals surface area contributed by atoms with Crippen molar-refractivity contribution in [3.63, 3.8) is 0 Å². The highest BCUT2D eigenvalue weighted by Gasteiger charge is 2.12. The van der Waals surface area contributed by atoms with Crippen LogP contribution < -0.4 is 9.47 Å². The number of nitrogens with zero attached hydrogens (tertiary/aromatic N) is 2. The Hall–Kier alpha value is -4.02. The summed E-state index contributed by atoms with van der Waals surface area (Å²) in [6.45, 7) is 0. The predicted octanol–water partition coefficient (Wildman–Crippen LogP) is 5.38. The van der Waals surface area contributed by atoms with Crippen molar-refractivity contribution in [3.05, 3.63) is 72.8 Å². The van der Waals surface area contributed by atoms with Crippen LogP contribution in [0.4, 0.5) is 0 Å². The lowest BCUT2D eigenvalue weighted by Crippen LogP contribution is -1.89. The lowest BCUT2D eigenvalue weighted by Gasteiger charge is -2.13. The van der Waals surface area contributed by atoms with Crippen LogP contribution in [0.2, 0.25) is 0 Å². The van der Waals surface area contributed by atoms with Gasteiger partial charge in [0.15, 0.2) is 0 Å². The molecule has 4 nitrogen and oxygen atoms in total. The van der Waals surface area contributed by atoms with E-state index in [1.54, 1.807) is 24.6 Å². The summed E-state index contributed by atoms with van der Waals surface area (Å²) in [6, 6.07) is 23.1. The average Bonchev–Trinajstić information content (AvgIpc) is 2.69. The fraction of sp³-hybridized carbons (Fsp3) is 0. The fourth-order valence-corrected chi connectivity index (χ4v) is 3.30. The Morgan fingerprint density at radius 3 is 1.69 bits per heavy atom. The van der Waals surface area contributed by atoms with Crippen molar-refractivity contribution in [1.82, 2.24) is 0 Å². The van der Waals surface area contributed by atoms with Crippen molar-refractivity contribution in [1.29, 1.82) is 10.5 Å². The first-order valence-corrected chi connectivity index (χ1v) is 7.99. The van der Waals surface area contributed by atoms with Gasteiger partial charge < -0.3 is 9.47 Å². The quantitative estimate of drug-likeness (QED) is 0.471. The Balaban J connectivity index is 2.03. The third-order valence-electron chi connectivity index (χ3n) is 4.37. The number of benzene rings is 4. The zero-order valence-corrected chi connectivity index (χ0v) is 13.6. The third kappa shape index (κ3) is 2.47. The molecule has 0 fully saturated rings. The Bertz CT molecular complexity index is 1170. The van der Waals surface area contributed by atoms with Crippen LogP contribution in [-0.2, 0) is 0 Å². The molecule has 4 heteroatoms. The second kappa shape index (κ2) is 6.47. The number of hydrogen-bond donors (Lipinski definition) is 0. The summed E-state index contributed by atoms with van der Waals surface area (Å²) in [6.07, 6.45) is 3.48. The summed E-state index contributed by atoms with van der Waals surface area (Å²) in [5.74, 6) is 1.06. The topological polar surface area (TPSA) is 66.0 Å². The van der Waals surface area contributed by atoms with E-state index in [1.807, 2.05) is 60.7 Å². The number of nitriles is 2. The van der Waals surface area contributed by atoms with E-state index >= 15 is 0 Å². The summed E-state index contributed by atoms with van der Waals surface area (Å²) in [4.78, 5) is 0. The molecule has 0 spiro atoms. The molecule has 0 aliphatic heterocycles. The molecule has 0 amide bonds. The van der Waals surface area contributed by atoms with Gasteiger partial charge >= 0.3 is 0 Å². The molecule has 4 rings (SSSR count). The molecular formula is C22H12N2O2. The van der Waals surface area contributed by atoms with Gasteiger partial charge in [0.25, 0.3) is 12.5 Å². The van der Waals surface area contributed by atoms with Crippen molar-refractivity contribution in [2.24, 2.45) is 0 Å². The minimum Gasteiger partial charge on any atom is -0.387 e. The van der Waals surface area contributed by atoms with Crippen LogP contribution in [0.15, 0.2) is 72.8 Å². The van der Waals surface area contributed by atoms with E-state index in [4.69, 9.17) is 20.0 Å². The first-order chi connectivity index (χ1) is 12.8. The molecule has 0 atom stereocenters. The molecule has 122 valence electrons. The smallest absolute Gasteiger partial charge is 0.292 e. The maximum Gasteiger partial charge on any atom is 0.292 e. The van der Waals surface area contributed by atoms with Gasteiger partial charge in [-0.15, -0.1) is 10.5 Å². The minimum atomic E-state index is 0.528. The van der Waals surface area contributed by atoms with Crippen LogP contribution >= 0.6 is 0 Å². The summed E-state index contributed by atoms with van der Waals surface area (Å²) in [5.41, 5.74) is 2.04. The van der Waals surface area contributed by atoms with Crippen LogP contribution in [0.25, 0.3) is 32.7 Å². The lowest BCUT2D eigenvalue weighted by molar-refractivity contribution is 0.513. The van der Waals surface area contributed by atoms with Crippen LogP contribution in [0.1, 0.15) is 0 Å². The standard InChI is InChI=1S/C22H12N2O2/c23-13-25-21-10-4-8-17-15(7-3-9-20(17)21)18-11-12-22(26-14-24)19-6-2-1-5-16(18)19/h1-12H. The maximum absolute atomic E-state index is 8.88. The molecule has 26 heavy (non-hydrogen) atoms. The second-order valence-corrected chi connectivity index (χ2v) is 5.70. The Morgan fingerprint density at radius 1 is 0.500 bits per heavy atom. The van der Waals surface area contributed by atoms with E-state index in [0.29, 0.717) is 11.5 Å². The third-order valence-corrected chi connectivity index (χ3v) is 4.37. The number of ether oxygens (including phenoxy) is 2. The van der Waals surface area contributed by atoms with Crippen molar-refractivity contribution < 1.29 is 9.47 Å². The van der Waals surface area contributed by atoms with Gasteiger partial charge in [-0.2, -0.15) is 0 Å². The van der Waals surface area contributed by atoms with Gasteiger partial charge in [-0.3, -0.25) is 0 Å². The van der Waals surface area contributed by atoms with E-state index in [0.717, 1.165) is 32.7 Å². The fourth-order valence-electron chi connectivity index (χ4n) is 3.30. The molecular weight excluding hydrogens is 324 g/mol. The van der Waals surface area contributed by atoms with Gasteiger partial charge in [0, 0.05) is 10.8 Å². The van der Waals surface area contributed by atoms with E-state index < -0.39 is 0 Å². The summed E-state index contributed by atoms with van der Waals surface area (Å²) < 4.78 is 10.2. The van der Waals surface area contributed by atoms with Crippen molar-refractivity contribution in [3.8, 4) is 35.1 Å². The van der Waals surface area contributed by atoms with E-state index in [9.17, 15) is 0 Å². The van der Waals surface area contributed by atoms with Crippen LogP contribution in [0.3, 0.4) is 0 Å². The van der Waals surface area contributed by atoms with Gasteiger partial charge in [0.1, 0.15) is 11.5 Å². The van der Waals surface area contributed by atoms with Crippen LogP contribution in [-0.4, -0.2) is 0 Å². The molecule has 0 heterocycles. The van der Waals surface area contributed by atoms with Crippen LogP contribution in [0, 0.1) is 23.0 Å². The monoisotopic (exact) mass is 336 g/mol. The highest BCUT2D eigenvalue weighted by atomic mass is 16.5. The summed E-state index contributed by atoms with van der Waals surface area (Å²) >= 11 is 0. The Kier molecular flexibility index (Phi) is 3.86. The molecule has 0 aromatic heterocycles. The Morgan fingerprint density at radius 2 is 1.00 bits per heavy atom. The van der Waals surface area contributed by atoms with E-state index in [-0.39, 0.29) is 0 Å². The van der Waals surface area contributed by atoms with Crippen molar-refractivity contribution >= 4 is 21.5 Å². The molecule has 0 unspecified atom stereocenters. The lowest BCUT2D eigenvalue weighted by atomic mass is 9.93. The van der Waals surface area contributed by atoms with Crippen molar-refractivity contribution in [2.45, 2.75) is 0 Å². The van der Waals surface area contributed by atoms with E-state index in [1.165, 1.54) is 0 Å². The van der Waals surface area contributed by atoms with Crippen molar-refractivity contribution in [2.75, 3.05) is 0 Å². The molecule has 4 aromatic rings. The summed E-state index contributed by atoms with van der Waals surface area (Å²) in [5, 5.41) is 21.5. The predicted molar refractivity (Wildman–Crippen MR) is 99.4 cm³/mol. The molecule has 0 N–H and O–H groups in total. The molecule has 0 saturated heterocycles. The molecule has 0 aliphatic rings. The van der Waals surface area contributed by atoms with Gasteiger partial charge in [-0.05, 0) is 40.1 Å². The zero-order chi connectivity index (χ0) is 17.9. The first kappa shape index (κ1) is 15.5. The molecule has 0 bridgehead atoms. The minimum absolute atomic E-state index is 0.528. The largest absolute Gasteiger partial charge is 0.387 e. The zero-order valence-electron chi connectivity index (χ0n) is 13.6. The number of fused-ring (bicyclic) bond motifs is 2. The van der Waals surface area contributed by atoms with Gasteiger partial charge in [0.2, 0.25) is 0 Å². The molecule has 0 aliphatic carbocycles. The second-order valence-electron chi connectivity index (χ2n) is 5.70. The van der Waals surface area contributed by atoms with Gasteiger partial charge in [-0.1, -0.05) is 54.6 Å². The SMILES string of the molecule is N#COc1cccc2c(-c3ccc(OC#N)c4ccccc34)cccc12.